The number of hydrogen-bond donors (Lipinski definition) is 3. The zero-order valence-electron chi connectivity index (χ0n) is 17.7. The quantitative estimate of drug-likeness (QED) is 0.379. The van der Waals surface area contributed by atoms with Crippen molar-refractivity contribution in [1.29, 1.82) is 0 Å². The first-order valence-electron chi connectivity index (χ1n) is 10.5. The van der Waals surface area contributed by atoms with Gasteiger partial charge in [0.2, 0.25) is 5.91 Å². The Morgan fingerprint density at radius 1 is 0.909 bits per heavy atom. The van der Waals surface area contributed by atoms with Gasteiger partial charge in [-0.3, -0.25) is 9.59 Å². The van der Waals surface area contributed by atoms with E-state index in [1.165, 1.54) is 18.2 Å². The van der Waals surface area contributed by atoms with Crippen LogP contribution in [0.15, 0.2) is 71.6 Å². The third-order valence-electron chi connectivity index (χ3n) is 5.70. The molecule has 3 N–H and O–H groups in total. The maximum atomic E-state index is 12.7. The minimum absolute atomic E-state index is 0.0223. The van der Waals surface area contributed by atoms with Gasteiger partial charge in [-0.25, -0.2) is 8.42 Å². The van der Waals surface area contributed by atoms with Crippen molar-refractivity contribution in [3.63, 3.8) is 0 Å². The Kier molecular flexibility index (Phi) is 6.20. The fourth-order valence-corrected chi connectivity index (χ4v) is 5.62. The molecule has 0 saturated carbocycles. The van der Waals surface area contributed by atoms with E-state index in [1.807, 2.05) is 12.1 Å². The highest BCUT2D eigenvalue weighted by molar-refractivity contribution is 7.91. The lowest BCUT2D eigenvalue weighted by molar-refractivity contribution is -0.118. The molecule has 8 heteroatoms. The molecule has 1 aliphatic heterocycles. The van der Waals surface area contributed by atoms with Crippen molar-refractivity contribution in [2.45, 2.75) is 24.2 Å². The highest BCUT2D eigenvalue weighted by Gasteiger charge is 2.40. The smallest absolute Gasteiger partial charge is 0.236 e. The Balaban J connectivity index is 1.36. The molecular weight excluding hydrogens is 442 g/mol. The Bertz CT molecular complexity index is 1310. The summed E-state index contributed by atoms with van der Waals surface area (Å²) >= 11 is 0. The van der Waals surface area contributed by atoms with E-state index in [1.54, 1.807) is 36.4 Å². The number of ketones is 1. The zero-order chi connectivity index (χ0) is 23.6. The molecule has 0 aliphatic carbocycles. The second-order valence-electron chi connectivity index (χ2n) is 8.06. The second kappa shape index (κ2) is 9.07. The van der Waals surface area contributed by atoms with Crippen molar-refractivity contribution in [3.05, 3.63) is 83.4 Å². The molecule has 1 atom stereocenters. The second-order valence-corrected chi connectivity index (χ2v) is 10.1. The third-order valence-corrected chi connectivity index (χ3v) is 7.50. The van der Waals surface area contributed by atoms with Crippen LogP contribution in [0.25, 0.3) is 0 Å². The summed E-state index contributed by atoms with van der Waals surface area (Å²) in [5.41, 5.74) is 2.50. The van der Waals surface area contributed by atoms with Crippen molar-refractivity contribution in [3.8, 4) is 11.5 Å². The summed E-state index contributed by atoms with van der Waals surface area (Å²) in [4.78, 5) is 25.4. The fraction of sp³-hybridized carbons (Fsp3) is 0.200. The van der Waals surface area contributed by atoms with Gasteiger partial charge < -0.3 is 15.5 Å². The molecule has 33 heavy (non-hydrogen) atoms. The van der Waals surface area contributed by atoms with Gasteiger partial charge in [0.1, 0.15) is 5.92 Å². The summed E-state index contributed by atoms with van der Waals surface area (Å²) in [5, 5.41) is 21.6. The third kappa shape index (κ3) is 4.90. The van der Waals surface area contributed by atoms with Crippen LogP contribution in [0.2, 0.25) is 0 Å². The number of Topliss-reactive ketones (excluding diaryl/α,β-unsaturated/α-hetero) is 1. The number of carbonyl (C=O) groups is 2. The Labute approximate surface area is 191 Å². The maximum absolute atomic E-state index is 12.7. The van der Waals surface area contributed by atoms with Crippen LogP contribution in [-0.2, 0) is 27.5 Å². The number of phenolic OH excluding ortho intramolecular Hbond substituents is 2. The molecule has 1 aliphatic rings. The summed E-state index contributed by atoms with van der Waals surface area (Å²) in [6, 6.07) is 17.9. The molecule has 1 amide bonds. The molecular formula is C25H23NO6S. The largest absolute Gasteiger partial charge is 0.504 e. The van der Waals surface area contributed by atoms with E-state index in [0.717, 1.165) is 30.4 Å². The number of benzene rings is 3. The number of carbonyl (C=O) groups excluding carboxylic acids is 2. The summed E-state index contributed by atoms with van der Waals surface area (Å²) in [7, 11) is -3.72. The molecule has 7 nitrogen and oxygen atoms in total. The van der Waals surface area contributed by atoms with E-state index >= 15 is 0 Å². The minimum Gasteiger partial charge on any atom is -0.504 e. The first-order chi connectivity index (χ1) is 15.7. The average molecular weight is 466 g/mol. The lowest BCUT2D eigenvalue weighted by atomic mass is 9.97. The molecule has 1 unspecified atom stereocenters. The van der Waals surface area contributed by atoms with Gasteiger partial charge in [-0.15, -0.1) is 0 Å². The molecule has 3 aromatic carbocycles. The van der Waals surface area contributed by atoms with Gasteiger partial charge in [-0.2, -0.15) is 0 Å². The molecule has 0 bridgehead atoms. The van der Waals surface area contributed by atoms with Gasteiger partial charge in [-0.05, 0) is 60.7 Å². The normalized spacial score (nSPS) is 16.7. The summed E-state index contributed by atoms with van der Waals surface area (Å²) < 4.78 is 25.0. The SMILES string of the molecule is O=C(Nc1ccc(CCCc2ccc(O)c(O)c2)cc1)C1CS(=O)(=O)c2ccccc2C1=O. The summed E-state index contributed by atoms with van der Waals surface area (Å²) in [6.07, 6.45) is 2.32. The molecule has 4 rings (SSSR count). The van der Waals surface area contributed by atoms with Crippen LogP contribution >= 0.6 is 0 Å². The molecule has 0 radical (unpaired) electrons. The van der Waals surface area contributed by atoms with Crippen LogP contribution in [0.3, 0.4) is 0 Å². The molecule has 0 aromatic heterocycles. The Morgan fingerprint density at radius 3 is 2.30 bits per heavy atom. The van der Waals surface area contributed by atoms with E-state index in [-0.39, 0.29) is 22.0 Å². The molecule has 0 spiro atoms. The van der Waals surface area contributed by atoms with Gasteiger partial charge in [-0.1, -0.05) is 36.4 Å². The number of aromatic hydroxyl groups is 2. The van der Waals surface area contributed by atoms with Gasteiger partial charge in [0.25, 0.3) is 0 Å². The number of sulfone groups is 1. The molecule has 3 aromatic rings. The van der Waals surface area contributed by atoms with Crippen LogP contribution in [-0.4, -0.2) is 36.1 Å². The van der Waals surface area contributed by atoms with Crippen LogP contribution < -0.4 is 5.32 Å². The number of aryl methyl sites for hydroxylation is 2. The van der Waals surface area contributed by atoms with E-state index in [2.05, 4.69) is 5.32 Å². The lowest BCUT2D eigenvalue weighted by Crippen LogP contribution is -2.39. The standard InChI is InChI=1S/C25H23NO6S/c27-21-13-10-17(14-22(21)28)5-3-4-16-8-11-18(12-9-16)26-25(30)20-15-33(31,32)23-7-2-1-6-19(23)24(20)29/h1-2,6-14,20,27-28H,3-5,15H2,(H,26,30). The lowest BCUT2D eigenvalue weighted by Gasteiger charge is -2.22. The number of fused-ring (bicyclic) bond motifs is 1. The summed E-state index contributed by atoms with van der Waals surface area (Å²) in [6.45, 7) is 0. The minimum atomic E-state index is -3.72. The number of hydrogen-bond acceptors (Lipinski definition) is 6. The van der Waals surface area contributed by atoms with Crippen LogP contribution in [0.5, 0.6) is 11.5 Å². The Hall–Kier alpha value is -3.65. The highest BCUT2D eigenvalue weighted by Crippen LogP contribution is 2.29. The van der Waals surface area contributed by atoms with Crippen molar-refractivity contribution in [1.82, 2.24) is 0 Å². The van der Waals surface area contributed by atoms with Crippen molar-refractivity contribution in [2.75, 3.05) is 11.1 Å². The predicted octanol–water partition coefficient (Wildman–Crippen LogP) is 3.50. The highest BCUT2D eigenvalue weighted by atomic mass is 32.2. The summed E-state index contributed by atoms with van der Waals surface area (Å²) in [5.74, 6) is -3.24. The van der Waals surface area contributed by atoms with Crippen LogP contribution in [0.1, 0.15) is 27.9 Å². The maximum Gasteiger partial charge on any atom is 0.236 e. The molecule has 0 fully saturated rings. The number of anilines is 1. The van der Waals surface area contributed by atoms with Crippen molar-refractivity contribution < 1.29 is 28.2 Å². The average Bonchev–Trinajstić information content (AvgIpc) is 2.80. The van der Waals surface area contributed by atoms with Crippen LogP contribution in [0.4, 0.5) is 5.69 Å². The zero-order valence-corrected chi connectivity index (χ0v) is 18.5. The molecule has 170 valence electrons. The van der Waals surface area contributed by atoms with E-state index in [9.17, 15) is 28.2 Å². The fourth-order valence-electron chi connectivity index (χ4n) is 3.91. The Morgan fingerprint density at radius 2 is 1.58 bits per heavy atom. The number of rotatable bonds is 6. The van der Waals surface area contributed by atoms with E-state index in [0.29, 0.717) is 5.69 Å². The van der Waals surface area contributed by atoms with Gasteiger partial charge in [0.15, 0.2) is 27.1 Å². The van der Waals surface area contributed by atoms with Crippen molar-refractivity contribution in [2.24, 2.45) is 5.92 Å². The first kappa shape index (κ1) is 22.5. The number of phenols is 2. The van der Waals surface area contributed by atoms with Gasteiger partial charge >= 0.3 is 0 Å². The number of nitrogens with one attached hydrogen (secondary N) is 1. The van der Waals surface area contributed by atoms with Crippen LogP contribution in [0, 0.1) is 5.92 Å². The monoisotopic (exact) mass is 465 g/mol. The number of amides is 1. The predicted molar refractivity (Wildman–Crippen MR) is 123 cm³/mol. The van der Waals surface area contributed by atoms with Crippen molar-refractivity contribution >= 4 is 27.2 Å². The molecule has 0 saturated heterocycles. The van der Waals surface area contributed by atoms with Gasteiger partial charge in [0, 0.05) is 11.3 Å². The first-order valence-corrected chi connectivity index (χ1v) is 12.2. The molecule has 1 heterocycles. The van der Waals surface area contributed by atoms with Gasteiger partial charge in [0.05, 0.1) is 10.6 Å². The van der Waals surface area contributed by atoms with E-state index in [4.69, 9.17) is 0 Å². The topological polar surface area (TPSA) is 121 Å². The van der Waals surface area contributed by atoms with E-state index < -0.39 is 33.2 Å².